The number of rotatable bonds is 8. The number of ether oxygens (including phenoxy) is 1. The number of aromatic nitrogens is 2. The van der Waals surface area contributed by atoms with Gasteiger partial charge in [0.25, 0.3) is 5.91 Å². The number of likely N-dealkylation sites (tertiary alicyclic amines) is 1. The predicted molar refractivity (Wildman–Crippen MR) is 141 cm³/mol. The Kier molecular flexibility index (Phi) is 6.97. The molecule has 0 saturated carbocycles. The van der Waals surface area contributed by atoms with Crippen molar-refractivity contribution in [2.45, 2.75) is 31.8 Å². The molecule has 3 aromatic rings. The normalized spacial score (nSPS) is 19.6. The summed E-state index contributed by atoms with van der Waals surface area (Å²) >= 11 is 0. The van der Waals surface area contributed by atoms with Gasteiger partial charge in [0.1, 0.15) is 18.0 Å². The molecular weight excluding hydrogens is 470 g/mol. The van der Waals surface area contributed by atoms with Gasteiger partial charge in [-0.3, -0.25) is 19.6 Å². The van der Waals surface area contributed by atoms with Crippen molar-refractivity contribution in [1.29, 1.82) is 0 Å². The second kappa shape index (κ2) is 10.3. The number of hydrogen-bond acceptors (Lipinski definition) is 7. The number of carbonyl (C=O) groups excluding carboxylic acids is 2. The Morgan fingerprint density at radius 1 is 1.22 bits per heavy atom. The Hall–Kier alpha value is -3.72. The molecule has 2 saturated heterocycles. The van der Waals surface area contributed by atoms with Crippen molar-refractivity contribution < 1.29 is 19.4 Å². The Balaban J connectivity index is 1.18. The van der Waals surface area contributed by atoms with E-state index in [4.69, 9.17) is 4.74 Å². The van der Waals surface area contributed by atoms with Crippen LogP contribution in [0.2, 0.25) is 0 Å². The minimum absolute atomic E-state index is 0.157. The first-order chi connectivity index (χ1) is 17.8. The number of carbonyl (C=O) groups is 2. The van der Waals surface area contributed by atoms with Gasteiger partial charge in [0, 0.05) is 67.8 Å². The zero-order valence-corrected chi connectivity index (χ0v) is 21.4. The second-order valence-corrected chi connectivity index (χ2v) is 10.1. The number of likely N-dealkylation sites (N-methyl/N-ethyl adjacent to an activating group) is 1. The van der Waals surface area contributed by atoms with Gasteiger partial charge in [0.2, 0.25) is 5.91 Å². The summed E-state index contributed by atoms with van der Waals surface area (Å²) in [6.07, 6.45) is 5.63. The van der Waals surface area contributed by atoms with E-state index < -0.39 is 5.60 Å². The van der Waals surface area contributed by atoms with Crippen molar-refractivity contribution >= 4 is 28.4 Å². The third-order valence-electron chi connectivity index (χ3n) is 7.17. The van der Waals surface area contributed by atoms with Crippen LogP contribution in [-0.4, -0.2) is 88.7 Å². The SMILES string of the molecule is Cc1cc(N2CC[C@](O)(CN(C)C(=O)c3ccc(OCCN4CCCC4=O)cc3)C2)c2cnccc2n1. The fourth-order valence-electron chi connectivity index (χ4n) is 5.27. The van der Waals surface area contributed by atoms with Gasteiger partial charge in [0.05, 0.1) is 18.6 Å². The summed E-state index contributed by atoms with van der Waals surface area (Å²) in [5.41, 5.74) is 2.31. The molecule has 0 bridgehead atoms. The predicted octanol–water partition coefficient (Wildman–Crippen LogP) is 2.65. The van der Waals surface area contributed by atoms with E-state index in [9.17, 15) is 14.7 Å². The van der Waals surface area contributed by atoms with Gasteiger partial charge in [-0.2, -0.15) is 0 Å². The quantitative estimate of drug-likeness (QED) is 0.505. The molecule has 0 unspecified atom stereocenters. The average Bonchev–Trinajstić information content (AvgIpc) is 3.48. The van der Waals surface area contributed by atoms with Crippen molar-refractivity contribution in [2.75, 3.05) is 51.3 Å². The van der Waals surface area contributed by atoms with E-state index in [1.165, 1.54) is 0 Å². The highest BCUT2D eigenvalue weighted by molar-refractivity contribution is 5.94. The van der Waals surface area contributed by atoms with Gasteiger partial charge in [0.15, 0.2) is 0 Å². The van der Waals surface area contributed by atoms with Crippen LogP contribution >= 0.6 is 0 Å². The van der Waals surface area contributed by atoms with Crippen LogP contribution in [0.1, 0.15) is 35.3 Å². The van der Waals surface area contributed by atoms with Crippen LogP contribution in [0, 0.1) is 6.92 Å². The number of aryl methyl sites for hydroxylation is 1. The summed E-state index contributed by atoms with van der Waals surface area (Å²) in [6.45, 7) is 5.08. The maximum atomic E-state index is 13.1. The molecule has 9 heteroatoms. The van der Waals surface area contributed by atoms with Crippen LogP contribution in [-0.2, 0) is 4.79 Å². The Bertz CT molecular complexity index is 1300. The molecule has 1 N–H and O–H groups in total. The highest BCUT2D eigenvalue weighted by Gasteiger charge is 2.38. The summed E-state index contributed by atoms with van der Waals surface area (Å²) in [5.74, 6) is 0.682. The summed E-state index contributed by atoms with van der Waals surface area (Å²) in [7, 11) is 1.72. The van der Waals surface area contributed by atoms with Crippen molar-refractivity contribution in [3.05, 3.63) is 60.0 Å². The van der Waals surface area contributed by atoms with Gasteiger partial charge in [-0.25, -0.2) is 0 Å². The summed E-state index contributed by atoms with van der Waals surface area (Å²) < 4.78 is 5.75. The minimum atomic E-state index is -1.02. The topological polar surface area (TPSA) is 99.1 Å². The number of nitrogens with zero attached hydrogens (tertiary/aromatic N) is 5. The molecule has 9 nitrogen and oxygen atoms in total. The van der Waals surface area contributed by atoms with Crippen LogP contribution in [0.4, 0.5) is 5.69 Å². The molecule has 2 aliphatic heterocycles. The molecule has 194 valence electrons. The van der Waals surface area contributed by atoms with Crippen molar-refractivity contribution in [2.24, 2.45) is 0 Å². The maximum absolute atomic E-state index is 13.1. The molecule has 37 heavy (non-hydrogen) atoms. The molecule has 0 aliphatic carbocycles. The molecule has 0 radical (unpaired) electrons. The van der Waals surface area contributed by atoms with Crippen LogP contribution in [0.15, 0.2) is 48.8 Å². The first kappa shape index (κ1) is 25.0. The molecule has 2 aromatic heterocycles. The van der Waals surface area contributed by atoms with Gasteiger partial charge >= 0.3 is 0 Å². The molecule has 5 rings (SSSR count). The Morgan fingerprint density at radius 3 is 2.78 bits per heavy atom. The number of amides is 2. The van der Waals surface area contributed by atoms with E-state index in [0.29, 0.717) is 50.4 Å². The highest BCUT2D eigenvalue weighted by atomic mass is 16.5. The average molecular weight is 504 g/mol. The van der Waals surface area contributed by atoms with Gasteiger partial charge in [-0.15, -0.1) is 0 Å². The zero-order valence-electron chi connectivity index (χ0n) is 21.4. The Morgan fingerprint density at radius 2 is 2.03 bits per heavy atom. The third kappa shape index (κ3) is 5.51. The monoisotopic (exact) mass is 503 g/mol. The first-order valence-electron chi connectivity index (χ1n) is 12.8. The van der Waals surface area contributed by atoms with Crippen LogP contribution in [0.3, 0.4) is 0 Å². The van der Waals surface area contributed by atoms with E-state index in [0.717, 1.165) is 35.2 Å². The van der Waals surface area contributed by atoms with Crippen molar-refractivity contribution in [3.8, 4) is 5.75 Å². The first-order valence-corrected chi connectivity index (χ1v) is 12.8. The summed E-state index contributed by atoms with van der Waals surface area (Å²) in [4.78, 5) is 39.2. The largest absolute Gasteiger partial charge is 0.492 e. The van der Waals surface area contributed by atoms with Gasteiger partial charge in [-0.05, 0) is 56.2 Å². The van der Waals surface area contributed by atoms with Crippen molar-refractivity contribution in [1.82, 2.24) is 19.8 Å². The highest BCUT2D eigenvalue weighted by Crippen LogP contribution is 2.32. The number of β-amino-alcohol motifs (C(OH)–C–C–N with tert-alkyl or cyclic N) is 1. The smallest absolute Gasteiger partial charge is 0.253 e. The standard InChI is InChI=1S/C28H33N5O4/c1-20-16-25(23-17-29-11-9-24(23)30-20)33-13-10-28(36,19-33)18-31(2)27(35)21-5-7-22(8-6-21)37-15-14-32-12-3-4-26(32)34/h5-9,11,16-17,36H,3-4,10,12-15,18-19H2,1-2H3/t28-/m0/s1. The van der Waals surface area contributed by atoms with Crippen molar-refractivity contribution in [3.63, 3.8) is 0 Å². The van der Waals surface area contributed by atoms with E-state index in [2.05, 4.69) is 14.9 Å². The fourth-order valence-corrected chi connectivity index (χ4v) is 5.27. The zero-order chi connectivity index (χ0) is 26.0. The molecule has 1 atom stereocenters. The lowest BCUT2D eigenvalue weighted by molar-refractivity contribution is -0.128. The molecule has 2 amide bonds. The fraction of sp³-hybridized carbons (Fsp3) is 0.429. The molecule has 2 fully saturated rings. The van der Waals surface area contributed by atoms with Crippen LogP contribution in [0.5, 0.6) is 5.75 Å². The van der Waals surface area contributed by atoms with E-state index in [-0.39, 0.29) is 18.4 Å². The number of benzene rings is 1. The van der Waals surface area contributed by atoms with Gasteiger partial charge < -0.3 is 24.5 Å². The maximum Gasteiger partial charge on any atom is 0.253 e. The van der Waals surface area contributed by atoms with E-state index >= 15 is 0 Å². The lowest BCUT2D eigenvalue weighted by Crippen LogP contribution is -2.45. The number of fused-ring (bicyclic) bond motifs is 1. The Labute approximate surface area is 216 Å². The lowest BCUT2D eigenvalue weighted by atomic mass is 10.0. The number of hydrogen-bond donors (Lipinski definition) is 1. The minimum Gasteiger partial charge on any atom is -0.492 e. The van der Waals surface area contributed by atoms with E-state index in [1.807, 2.05) is 30.2 Å². The third-order valence-corrected chi connectivity index (χ3v) is 7.17. The molecular formula is C28H33N5O4. The van der Waals surface area contributed by atoms with Gasteiger partial charge in [-0.1, -0.05) is 0 Å². The van der Waals surface area contributed by atoms with Crippen LogP contribution in [0.25, 0.3) is 10.9 Å². The molecule has 2 aliphatic rings. The number of anilines is 1. The second-order valence-electron chi connectivity index (χ2n) is 10.1. The summed E-state index contributed by atoms with van der Waals surface area (Å²) in [5, 5.41) is 12.3. The number of pyridine rings is 2. The summed E-state index contributed by atoms with van der Waals surface area (Å²) in [6, 6.07) is 10.9. The number of aliphatic hydroxyl groups is 1. The molecule has 1 aromatic carbocycles. The lowest BCUT2D eigenvalue weighted by Gasteiger charge is -2.30. The molecule has 0 spiro atoms. The molecule has 4 heterocycles. The van der Waals surface area contributed by atoms with E-state index in [1.54, 1.807) is 42.4 Å². The van der Waals surface area contributed by atoms with Crippen LogP contribution < -0.4 is 9.64 Å².